The molecule has 0 fully saturated rings. The summed E-state index contributed by atoms with van der Waals surface area (Å²) in [5.41, 5.74) is 3.80. The average Bonchev–Trinajstić information content (AvgIpc) is 2.83. The lowest BCUT2D eigenvalue weighted by atomic mass is 9.95. The van der Waals surface area contributed by atoms with Gasteiger partial charge in [-0.15, -0.1) is 0 Å². The number of nitrogens with zero attached hydrogens (tertiary/aromatic N) is 2. The molecular weight excluding hydrogens is 458 g/mol. The number of carboxylic acid groups (broad SMARTS) is 1. The van der Waals surface area contributed by atoms with Crippen molar-refractivity contribution in [3.63, 3.8) is 0 Å². The Kier molecular flexibility index (Phi) is 9.65. The minimum absolute atomic E-state index is 0.0516. The minimum atomic E-state index is -1.15. The van der Waals surface area contributed by atoms with E-state index in [-0.39, 0.29) is 29.4 Å². The zero-order valence-electron chi connectivity index (χ0n) is 19.7. The minimum Gasteiger partial charge on any atom is -0.494 e. The molecule has 0 aromatic carbocycles. The third kappa shape index (κ3) is 7.14. The van der Waals surface area contributed by atoms with Crippen molar-refractivity contribution >= 4 is 23.5 Å². The van der Waals surface area contributed by atoms with Crippen molar-refractivity contribution in [1.82, 2.24) is 15.3 Å². The third-order valence-electron chi connectivity index (χ3n) is 6.00. The largest absolute Gasteiger partial charge is 0.494 e. The number of halogens is 1. The summed E-state index contributed by atoms with van der Waals surface area (Å²) in [5, 5.41) is 12.1. The van der Waals surface area contributed by atoms with Crippen LogP contribution in [0.3, 0.4) is 0 Å². The molecule has 8 nitrogen and oxygen atoms in total. The van der Waals surface area contributed by atoms with E-state index in [0.29, 0.717) is 12.5 Å². The third-order valence-corrected chi connectivity index (χ3v) is 6.28. The highest BCUT2D eigenvalue weighted by molar-refractivity contribution is 6.34. The van der Waals surface area contributed by atoms with Crippen LogP contribution in [0.15, 0.2) is 24.5 Å². The van der Waals surface area contributed by atoms with Gasteiger partial charge in [0.15, 0.2) is 5.75 Å². The number of pyridine rings is 2. The maximum atomic E-state index is 12.6. The van der Waals surface area contributed by atoms with Gasteiger partial charge in [0.05, 0.1) is 18.3 Å². The number of aromatic nitrogens is 2. The van der Waals surface area contributed by atoms with Gasteiger partial charge in [0.25, 0.3) is 5.91 Å². The van der Waals surface area contributed by atoms with Gasteiger partial charge in [-0.25, -0.2) is 4.79 Å². The summed E-state index contributed by atoms with van der Waals surface area (Å²) in [6, 6.07) is 3.23. The van der Waals surface area contributed by atoms with Crippen LogP contribution in [0.4, 0.5) is 0 Å². The SMILES string of the molecule is COc1cncc(Cl)c1C(=O)NC(CCOCC(C)CCc1ccc2c(n1)CCCC2)C(=O)O. The molecule has 2 atom stereocenters. The van der Waals surface area contributed by atoms with Crippen molar-refractivity contribution in [2.24, 2.45) is 5.92 Å². The molecule has 0 saturated heterocycles. The van der Waals surface area contributed by atoms with Crippen molar-refractivity contribution in [2.45, 2.75) is 57.9 Å². The maximum absolute atomic E-state index is 12.6. The molecule has 0 spiro atoms. The van der Waals surface area contributed by atoms with Gasteiger partial charge >= 0.3 is 5.97 Å². The summed E-state index contributed by atoms with van der Waals surface area (Å²) in [5.74, 6) is -1.31. The van der Waals surface area contributed by atoms with Gasteiger partial charge in [-0.05, 0) is 56.1 Å². The Bertz CT molecular complexity index is 1000. The van der Waals surface area contributed by atoms with E-state index in [2.05, 4.69) is 29.4 Å². The summed E-state index contributed by atoms with van der Waals surface area (Å²) >= 11 is 6.06. The molecule has 1 aliphatic rings. The summed E-state index contributed by atoms with van der Waals surface area (Å²) in [6.07, 6.45) is 9.28. The van der Waals surface area contributed by atoms with Crippen LogP contribution in [0.25, 0.3) is 0 Å². The summed E-state index contributed by atoms with van der Waals surface area (Å²) in [6.45, 7) is 2.82. The monoisotopic (exact) mass is 489 g/mol. The molecular formula is C25H32ClN3O5. The van der Waals surface area contributed by atoms with E-state index >= 15 is 0 Å². The molecule has 1 amide bonds. The van der Waals surface area contributed by atoms with E-state index in [4.69, 9.17) is 26.1 Å². The number of hydrogen-bond donors (Lipinski definition) is 2. The number of aliphatic carboxylic acids is 1. The summed E-state index contributed by atoms with van der Waals surface area (Å²) < 4.78 is 10.8. The molecule has 34 heavy (non-hydrogen) atoms. The fourth-order valence-electron chi connectivity index (χ4n) is 4.01. The second kappa shape index (κ2) is 12.7. The number of carbonyl (C=O) groups is 2. The van der Waals surface area contributed by atoms with Crippen LogP contribution in [-0.2, 0) is 28.8 Å². The lowest BCUT2D eigenvalue weighted by molar-refractivity contribution is -0.139. The van der Waals surface area contributed by atoms with Crippen LogP contribution < -0.4 is 10.1 Å². The predicted molar refractivity (Wildman–Crippen MR) is 128 cm³/mol. The van der Waals surface area contributed by atoms with Crippen LogP contribution >= 0.6 is 11.6 Å². The van der Waals surface area contributed by atoms with Crippen LogP contribution in [-0.4, -0.2) is 53.3 Å². The molecule has 0 aliphatic heterocycles. The highest BCUT2D eigenvalue weighted by Crippen LogP contribution is 2.25. The number of hydrogen-bond acceptors (Lipinski definition) is 6. The van der Waals surface area contributed by atoms with Crippen molar-refractivity contribution < 1.29 is 24.2 Å². The van der Waals surface area contributed by atoms with Crippen molar-refractivity contribution in [2.75, 3.05) is 20.3 Å². The molecule has 9 heteroatoms. The second-order valence-electron chi connectivity index (χ2n) is 8.69. The molecule has 1 aliphatic carbocycles. The standard InChI is InChI=1S/C25H32ClN3O5/c1-16(7-9-18-10-8-17-5-3-4-6-20(17)28-18)15-34-12-11-21(25(31)32)29-24(30)23-19(26)13-27-14-22(23)33-2/h8,10,13-14,16,21H,3-7,9,11-12,15H2,1-2H3,(H,29,30)(H,31,32). The molecule has 0 radical (unpaired) electrons. The number of amides is 1. The first-order chi connectivity index (χ1) is 16.4. The number of ether oxygens (including phenoxy) is 2. The Morgan fingerprint density at radius 3 is 2.76 bits per heavy atom. The van der Waals surface area contributed by atoms with Gasteiger partial charge in [-0.3, -0.25) is 14.8 Å². The highest BCUT2D eigenvalue weighted by Gasteiger charge is 2.24. The molecule has 2 aromatic rings. The number of fused-ring (bicyclic) bond motifs is 1. The topological polar surface area (TPSA) is 111 Å². The highest BCUT2D eigenvalue weighted by atomic mass is 35.5. The number of carbonyl (C=O) groups excluding carboxylic acids is 1. The first-order valence-corrected chi connectivity index (χ1v) is 12.0. The normalized spacial score (nSPS) is 14.7. The maximum Gasteiger partial charge on any atom is 0.326 e. The van der Waals surface area contributed by atoms with E-state index in [1.165, 1.54) is 43.6 Å². The molecule has 2 heterocycles. The van der Waals surface area contributed by atoms with Gasteiger partial charge in [0, 0.05) is 37.2 Å². The Labute approximate surface area is 205 Å². The van der Waals surface area contributed by atoms with Gasteiger partial charge in [-0.2, -0.15) is 0 Å². The van der Waals surface area contributed by atoms with E-state index in [0.717, 1.165) is 31.4 Å². The van der Waals surface area contributed by atoms with Crippen LogP contribution in [0.2, 0.25) is 5.02 Å². The van der Waals surface area contributed by atoms with Crippen LogP contribution in [0.1, 0.15) is 59.9 Å². The lowest BCUT2D eigenvalue weighted by Gasteiger charge is -2.18. The number of rotatable bonds is 12. The number of aryl methyl sites for hydroxylation is 3. The summed E-state index contributed by atoms with van der Waals surface area (Å²) in [4.78, 5) is 32.9. The van der Waals surface area contributed by atoms with Crippen molar-refractivity contribution in [3.05, 3.63) is 52.1 Å². The first-order valence-electron chi connectivity index (χ1n) is 11.7. The Morgan fingerprint density at radius 2 is 2.00 bits per heavy atom. The van der Waals surface area contributed by atoms with E-state index < -0.39 is 17.9 Å². The smallest absolute Gasteiger partial charge is 0.326 e. The Balaban J connectivity index is 1.42. The van der Waals surface area contributed by atoms with Gasteiger partial charge in [0.2, 0.25) is 0 Å². The van der Waals surface area contributed by atoms with Gasteiger partial charge < -0.3 is 19.9 Å². The number of nitrogens with one attached hydrogen (secondary N) is 1. The Hall–Kier alpha value is -2.71. The average molecular weight is 490 g/mol. The quantitative estimate of drug-likeness (QED) is 0.435. The van der Waals surface area contributed by atoms with Gasteiger partial charge in [-0.1, -0.05) is 24.6 Å². The summed E-state index contributed by atoms with van der Waals surface area (Å²) in [7, 11) is 1.38. The van der Waals surface area contributed by atoms with Crippen LogP contribution in [0.5, 0.6) is 5.75 Å². The molecule has 3 rings (SSSR count). The van der Waals surface area contributed by atoms with E-state index in [9.17, 15) is 14.7 Å². The molecule has 2 aromatic heterocycles. The zero-order chi connectivity index (χ0) is 24.5. The van der Waals surface area contributed by atoms with E-state index in [1.54, 1.807) is 0 Å². The Morgan fingerprint density at radius 1 is 1.21 bits per heavy atom. The fourth-order valence-corrected chi connectivity index (χ4v) is 4.25. The number of carboxylic acids is 1. The fraction of sp³-hybridized carbons (Fsp3) is 0.520. The lowest BCUT2D eigenvalue weighted by Crippen LogP contribution is -2.41. The molecule has 2 unspecified atom stereocenters. The molecule has 2 N–H and O–H groups in total. The van der Waals surface area contributed by atoms with Crippen molar-refractivity contribution in [3.8, 4) is 5.75 Å². The first kappa shape index (κ1) is 25.9. The number of methoxy groups -OCH3 is 1. The van der Waals surface area contributed by atoms with Gasteiger partial charge in [0.1, 0.15) is 11.6 Å². The zero-order valence-corrected chi connectivity index (χ0v) is 20.4. The second-order valence-corrected chi connectivity index (χ2v) is 9.09. The molecule has 0 bridgehead atoms. The molecule has 0 saturated carbocycles. The molecule has 184 valence electrons. The van der Waals surface area contributed by atoms with E-state index in [1.807, 2.05) is 0 Å². The predicted octanol–water partition coefficient (Wildman–Crippen LogP) is 3.88. The van der Waals surface area contributed by atoms with Crippen molar-refractivity contribution in [1.29, 1.82) is 0 Å². The van der Waals surface area contributed by atoms with Crippen LogP contribution in [0, 0.1) is 5.92 Å².